The molecule has 0 fully saturated rings. The summed E-state index contributed by atoms with van der Waals surface area (Å²) in [5, 5.41) is 25.0. The Balaban J connectivity index is 2.10. The number of aryl methyl sites for hydroxylation is 1. The van der Waals surface area contributed by atoms with Crippen LogP contribution in [0.2, 0.25) is 0 Å². The van der Waals surface area contributed by atoms with E-state index in [1.165, 1.54) is 46.5 Å². The third-order valence-corrected chi connectivity index (χ3v) is 6.83. The maximum atomic E-state index is 13.6. The van der Waals surface area contributed by atoms with Gasteiger partial charge in [0.1, 0.15) is 5.82 Å². The molecule has 38 heavy (non-hydrogen) atoms. The molecular weight excluding hydrogens is 501 g/mol. The summed E-state index contributed by atoms with van der Waals surface area (Å²) >= 11 is 0. The number of methoxy groups -OCH3 is 1. The van der Waals surface area contributed by atoms with E-state index in [0.717, 1.165) is 14.4 Å². The van der Waals surface area contributed by atoms with Crippen molar-refractivity contribution in [1.82, 2.24) is 24.7 Å². The van der Waals surface area contributed by atoms with Crippen LogP contribution in [-0.2, 0) is 33.1 Å². The van der Waals surface area contributed by atoms with Crippen LogP contribution in [0.25, 0.3) is 0 Å². The van der Waals surface area contributed by atoms with Crippen LogP contribution in [0.15, 0.2) is 23.0 Å². The SMILES string of the molecule is CO[C@]1(C)CC[C@](O)(N(C)C(=O)C(=O)N(C)C)c2nc(C(=O)NCc3ccc(F)c(C)c3)c(O)c(=O)n2C1. The molecule has 0 aliphatic carbocycles. The van der Waals surface area contributed by atoms with Crippen LogP contribution < -0.4 is 10.9 Å². The van der Waals surface area contributed by atoms with Gasteiger partial charge in [-0.2, -0.15) is 0 Å². The first-order valence-electron chi connectivity index (χ1n) is 11.8. The average Bonchev–Trinajstić information content (AvgIpc) is 3.00. The van der Waals surface area contributed by atoms with E-state index < -0.39 is 57.7 Å². The fourth-order valence-electron chi connectivity index (χ4n) is 4.19. The van der Waals surface area contributed by atoms with E-state index in [1.54, 1.807) is 13.8 Å². The number of nitrogens with zero attached hydrogens (tertiary/aromatic N) is 4. The number of likely N-dealkylation sites (N-methyl/N-ethyl adjacent to an activating group) is 2. The molecule has 2 aromatic rings. The summed E-state index contributed by atoms with van der Waals surface area (Å²) in [6.45, 7) is 3.00. The van der Waals surface area contributed by atoms with Gasteiger partial charge in [-0.1, -0.05) is 12.1 Å². The Morgan fingerprint density at radius 3 is 2.45 bits per heavy atom. The van der Waals surface area contributed by atoms with E-state index in [0.29, 0.717) is 11.1 Å². The molecule has 206 valence electrons. The quantitative estimate of drug-likeness (QED) is 0.364. The van der Waals surface area contributed by atoms with Crippen LogP contribution in [0.1, 0.15) is 47.2 Å². The number of aromatic nitrogens is 2. The van der Waals surface area contributed by atoms with E-state index in [1.807, 2.05) is 0 Å². The first-order valence-corrected chi connectivity index (χ1v) is 11.8. The molecule has 13 heteroatoms. The number of hydrogen-bond donors (Lipinski definition) is 3. The summed E-state index contributed by atoms with van der Waals surface area (Å²) in [6, 6.07) is 4.24. The zero-order valence-electron chi connectivity index (χ0n) is 22.2. The first-order chi connectivity index (χ1) is 17.6. The van der Waals surface area contributed by atoms with Crippen molar-refractivity contribution in [3.63, 3.8) is 0 Å². The number of amides is 3. The number of ether oxygens (including phenoxy) is 1. The summed E-state index contributed by atoms with van der Waals surface area (Å²) in [5.74, 6) is -4.74. The third kappa shape index (κ3) is 5.24. The molecule has 1 aliphatic heterocycles. The standard InChI is InChI=1S/C25H32FN5O7/c1-14-11-15(7-8-16(14)26)12-27-19(33)17-18(32)20(34)31-13-24(2,38-6)9-10-25(37,23(31)28-17)30(5)22(36)21(35)29(3)4/h7-8,11,32,37H,9-10,12-13H2,1-6H3,(H,27,33)/t24-,25-/m1/s1. The normalized spacial score (nSPS) is 20.7. The van der Waals surface area contributed by atoms with Crippen molar-refractivity contribution in [3.05, 3.63) is 57.0 Å². The van der Waals surface area contributed by atoms with Gasteiger partial charge in [-0.3, -0.25) is 23.7 Å². The number of carbonyl (C=O) groups is 3. The van der Waals surface area contributed by atoms with Crippen molar-refractivity contribution in [1.29, 1.82) is 0 Å². The van der Waals surface area contributed by atoms with Gasteiger partial charge in [-0.15, -0.1) is 0 Å². The highest BCUT2D eigenvalue weighted by Crippen LogP contribution is 2.37. The van der Waals surface area contributed by atoms with Crippen LogP contribution >= 0.6 is 0 Å². The fraction of sp³-hybridized carbons (Fsp3) is 0.480. The predicted molar refractivity (Wildman–Crippen MR) is 132 cm³/mol. The molecular formula is C25H32FN5O7. The van der Waals surface area contributed by atoms with E-state index in [9.17, 15) is 33.8 Å². The molecule has 1 aromatic heterocycles. The second-order valence-corrected chi connectivity index (χ2v) is 9.82. The highest BCUT2D eigenvalue weighted by atomic mass is 19.1. The smallest absolute Gasteiger partial charge is 0.314 e. The van der Waals surface area contributed by atoms with Crippen LogP contribution in [0.5, 0.6) is 5.75 Å². The molecule has 0 radical (unpaired) electrons. The molecule has 0 saturated carbocycles. The van der Waals surface area contributed by atoms with E-state index >= 15 is 0 Å². The second kappa shape index (κ2) is 10.5. The van der Waals surface area contributed by atoms with Crippen LogP contribution in [-0.4, -0.2) is 81.1 Å². The largest absolute Gasteiger partial charge is 0.501 e. The van der Waals surface area contributed by atoms with Crippen LogP contribution in [0.4, 0.5) is 4.39 Å². The number of benzene rings is 1. The van der Waals surface area contributed by atoms with E-state index in [4.69, 9.17) is 4.74 Å². The zero-order valence-corrected chi connectivity index (χ0v) is 22.2. The summed E-state index contributed by atoms with van der Waals surface area (Å²) in [5.41, 5.74) is -4.12. The molecule has 2 atom stereocenters. The molecule has 0 spiro atoms. The van der Waals surface area contributed by atoms with Gasteiger partial charge in [-0.05, 0) is 37.5 Å². The number of carbonyl (C=O) groups excluding carboxylic acids is 3. The highest BCUT2D eigenvalue weighted by Gasteiger charge is 2.48. The van der Waals surface area contributed by atoms with Gasteiger partial charge in [0, 0.05) is 41.2 Å². The maximum Gasteiger partial charge on any atom is 0.314 e. The Kier molecular flexibility index (Phi) is 7.94. The number of nitrogens with one attached hydrogen (secondary N) is 1. The lowest BCUT2D eigenvalue weighted by Crippen LogP contribution is -2.54. The van der Waals surface area contributed by atoms with Gasteiger partial charge < -0.3 is 30.1 Å². The summed E-state index contributed by atoms with van der Waals surface area (Å²) in [7, 11) is 5.32. The second-order valence-electron chi connectivity index (χ2n) is 9.82. The molecule has 3 rings (SSSR count). The number of aromatic hydroxyl groups is 1. The van der Waals surface area contributed by atoms with Crippen molar-refractivity contribution < 1.29 is 33.7 Å². The minimum absolute atomic E-state index is 0.0682. The first kappa shape index (κ1) is 28.7. The topological polar surface area (TPSA) is 154 Å². The molecule has 0 bridgehead atoms. The Bertz CT molecular complexity index is 1340. The molecule has 0 unspecified atom stereocenters. The van der Waals surface area contributed by atoms with Crippen molar-refractivity contribution >= 4 is 17.7 Å². The van der Waals surface area contributed by atoms with Crippen molar-refractivity contribution in [2.24, 2.45) is 0 Å². The van der Waals surface area contributed by atoms with E-state index in [-0.39, 0.29) is 25.9 Å². The monoisotopic (exact) mass is 533 g/mol. The lowest BCUT2D eigenvalue weighted by Gasteiger charge is -2.36. The Morgan fingerprint density at radius 2 is 1.87 bits per heavy atom. The molecule has 12 nitrogen and oxygen atoms in total. The van der Waals surface area contributed by atoms with Gasteiger partial charge in [0.2, 0.25) is 5.75 Å². The summed E-state index contributed by atoms with van der Waals surface area (Å²) in [6.07, 6.45) is -0.0732. The van der Waals surface area contributed by atoms with E-state index in [2.05, 4.69) is 10.3 Å². The van der Waals surface area contributed by atoms with Crippen LogP contribution in [0, 0.1) is 12.7 Å². The number of aliphatic hydroxyl groups is 1. The highest BCUT2D eigenvalue weighted by molar-refractivity contribution is 6.34. The molecule has 0 saturated heterocycles. The van der Waals surface area contributed by atoms with Crippen LogP contribution in [0.3, 0.4) is 0 Å². The van der Waals surface area contributed by atoms with Gasteiger partial charge in [0.15, 0.2) is 17.2 Å². The maximum absolute atomic E-state index is 13.6. The predicted octanol–water partition coefficient (Wildman–Crippen LogP) is 0.217. The number of halogens is 1. The fourth-order valence-corrected chi connectivity index (χ4v) is 4.19. The third-order valence-electron chi connectivity index (χ3n) is 6.83. The molecule has 3 amide bonds. The van der Waals surface area contributed by atoms with Gasteiger partial charge in [-0.25, -0.2) is 9.37 Å². The Labute approximate surface area is 218 Å². The lowest BCUT2D eigenvalue weighted by molar-refractivity contribution is -0.172. The van der Waals surface area contributed by atoms with Crippen molar-refractivity contribution in [3.8, 4) is 5.75 Å². The van der Waals surface area contributed by atoms with Gasteiger partial charge in [0.05, 0.1) is 12.1 Å². The molecule has 3 N–H and O–H groups in total. The number of hydrogen-bond acceptors (Lipinski definition) is 8. The van der Waals surface area contributed by atoms with Gasteiger partial charge >= 0.3 is 11.8 Å². The molecule has 1 aliphatic rings. The zero-order chi connectivity index (χ0) is 28.6. The molecule has 1 aromatic carbocycles. The average molecular weight is 534 g/mol. The number of fused-ring (bicyclic) bond motifs is 1. The van der Waals surface area contributed by atoms with Crippen molar-refractivity contribution in [2.75, 3.05) is 28.3 Å². The van der Waals surface area contributed by atoms with Gasteiger partial charge in [0.25, 0.3) is 11.5 Å². The minimum atomic E-state index is -2.31. The minimum Gasteiger partial charge on any atom is -0.501 e. The van der Waals surface area contributed by atoms with Crippen molar-refractivity contribution in [2.45, 2.75) is 51.1 Å². The Morgan fingerprint density at radius 1 is 1.21 bits per heavy atom. The number of rotatable bonds is 5. The lowest BCUT2D eigenvalue weighted by atomic mass is 9.96. The molecule has 2 heterocycles. The Hall–Kier alpha value is -3.84. The summed E-state index contributed by atoms with van der Waals surface area (Å²) in [4.78, 5) is 57.5. The summed E-state index contributed by atoms with van der Waals surface area (Å²) < 4.78 is 20.1.